The van der Waals surface area contributed by atoms with Crippen LogP contribution >= 0.6 is 0 Å². The summed E-state index contributed by atoms with van der Waals surface area (Å²) in [4.78, 5) is 21.1. The van der Waals surface area contributed by atoms with Gasteiger partial charge in [-0.1, -0.05) is 18.2 Å². The fourth-order valence-corrected chi connectivity index (χ4v) is 2.79. The minimum atomic E-state index is -0.282. The van der Waals surface area contributed by atoms with Crippen molar-refractivity contribution >= 4 is 17.4 Å². The van der Waals surface area contributed by atoms with E-state index in [4.69, 9.17) is 9.47 Å². The number of anilines is 1. The number of amides is 1. The molecule has 4 aromatic rings. The molecule has 0 radical (unpaired) electrons. The number of ether oxygens (including phenoxy) is 2. The molecule has 0 atom stereocenters. The van der Waals surface area contributed by atoms with Gasteiger partial charge in [0.05, 0.1) is 18.5 Å². The van der Waals surface area contributed by atoms with Gasteiger partial charge in [0.25, 0.3) is 5.91 Å². The molecule has 0 aliphatic heterocycles. The second kappa shape index (κ2) is 7.79. The highest BCUT2D eigenvalue weighted by Crippen LogP contribution is 2.30. The van der Waals surface area contributed by atoms with Crippen LogP contribution in [0, 0.1) is 0 Å². The van der Waals surface area contributed by atoms with Gasteiger partial charge in [-0.2, -0.15) is 0 Å². The number of carbonyl (C=O) groups excluding carboxylic acids is 1. The Kier molecular flexibility index (Phi) is 4.88. The molecule has 2 heterocycles. The van der Waals surface area contributed by atoms with E-state index >= 15 is 0 Å². The Hall–Kier alpha value is -3.87. The number of rotatable bonds is 6. The van der Waals surface area contributed by atoms with Crippen LogP contribution in [0.15, 0.2) is 73.2 Å². The van der Waals surface area contributed by atoms with Gasteiger partial charge in [0, 0.05) is 24.2 Å². The molecule has 1 amide bonds. The first kappa shape index (κ1) is 17.5. The monoisotopic (exact) mass is 374 g/mol. The van der Waals surface area contributed by atoms with Crippen molar-refractivity contribution in [2.24, 2.45) is 0 Å². The van der Waals surface area contributed by atoms with E-state index in [9.17, 15) is 4.79 Å². The summed E-state index contributed by atoms with van der Waals surface area (Å²) in [5, 5.41) is 2.84. The van der Waals surface area contributed by atoms with Crippen molar-refractivity contribution in [3.63, 3.8) is 0 Å². The lowest BCUT2D eigenvalue weighted by atomic mass is 10.1. The SMILES string of the molecule is COc1ccc(-c2cn3cccnc3n2)cc1NC(=O)COc1ccccc1. The highest BCUT2D eigenvalue weighted by molar-refractivity contribution is 5.94. The molecule has 0 bridgehead atoms. The smallest absolute Gasteiger partial charge is 0.262 e. The molecule has 28 heavy (non-hydrogen) atoms. The topological polar surface area (TPSA) is 77.8 Å². The number of methoxy groups -OCH3 is 1. The van der Waals surface area contributed by atoms with Crippen LogP contribution in [0.3, 0.4) is 0 Å². The third-order valence-electron chi connectivity index (χ3n) is 4.12. The van der Waals surface area contributed by atoms with Crippen LogP contribution in [0.4, 0.5) is 5.69 Å². The van der Waals surface area contributed by atoms with Gasteiger partial charge >= 0.3 is 0 Å². The fourth-order valence-electron chi connectivity index (χ4n) is 2.79. The Morgan fingerprint density at radius 3 is 2.79 bits per heavy atom. The summed E-state index contributed by atoms with van der Waals surface area (Å²) >= 11 is 0. The van der Waals surface area contributed by atoms with E-state index < -0.39 is 0 Å². The Morgan fingerprint density at radius 2 is 2.00 bits per heavy atom. The molecule has 7 heteroatoms. The molecule has 0 aliphatic rings. The zero-order valence-corrected chi connectivity index (χ0v) is 15.2. The summed E-state index contributed by atoms with van der Waals surface area (Å²) in [6.07, 6.45) is 5.46. The van der Waals surface area contributed by atoms with E-state index in [0.29, 0.717) is 23.0 Å². The van der Waals surface area contributed by atoms with Crippen LogP contribution in [0.1, 0.15) is 0 Å². The average molecular weight is 374 g/mol. The van der Waals surface area contributed by atoms with Gasteiger partial charge in [-0.25, -0.2) is 9.97 Å². The molecule has 2 aromatic heterocycles. The first-order valence-corrected chi connectivity index (χ1v) is 8.69. The largest absolute Gasteiger partial charge is 0.495 e. The van der Waals surface area contributed by atoms with E-state index in [0.717, 1.165) is 11.3 Å². The Bertz CT molecular complexity index is 1080. The number of nitrogens with one attached hydrogen (secondary N) is 1. The van der Waals surface area contributed by atoms with Crippen molar-refractivity contribution < 1.29 is 14.3 Å². The first-order valence-electron chi connectivity index (χ1n) is 8.69. The summed E-state index contributed by atoms with van der Waals surface area (Å²) in [6.45, 7) is -0.102. The highest BCUT2D eigenvalue weighted by Gasteiger charge is 2.12. The van der Waals surface area contributed by atoms with Crippen LogP contribution < -0.4 is 14.8 Å². The molecule has 7 nitrogen and oxygen atoms in total. The highest BCUT2D eigenvalue weighted by atomic mass is 16.5. The van der Waals surface area contributed by atoms with Gasteiger partial charge in [0.2, 0.25) is 5.78 Å². The Labute approximate surface area is 161 Å². The predicted molar refractivity (Wildman–Crippen MR) is 106 cm³/mol. The number of carbonyl (C=O) groups is 1. The van der Waals surface area contributed by atoms with Gasteiger partial charge in [-0.05, 0) is 36.4 Å². The molecular formula is C21H18N4O3. The van der Waals surface area contributed by atoms with Crippen molar-refractivity contribution in [3.05, 3.63) is 73.2 Å². The number of para-hydroxylation sites is 1. The number of fused-ring (bicyclic) bond motifs is 1. The summed E-state index contributed by atoms with van der Waals surface area (Å²) < 4.78 is 12.7. The normalized spacial score (nSPS) is 10.6. The van der Waals surface area contributed by atoms with Crippen molar-refractivity contribution in [1.29, 1.82) is 0 Å². The summed E-state index contributed by atoms with van der Waals surface area (Å²) in [5.41, 5.74) is 2.13. The molecule has 2 aromatic carbocycles. The molecule has 0 fully saturated rings. The van der Waals surface area contributed by atoms with E-state index in [1.54, 1.807) is 31.5 Å². The molecule has 140 valence electrons. The summed E-state index contributed by atoms with van der Waals surface area (Å²) in [6, 6.07) is 16.5. The Morgan fingerprint density at radius 1 is 1.14 bits per heavy atom. The molecule has 0 aliphatic carbocycles. The number of imidazole rings is 1. The molecule has 0 unspecified atom stereocenters. The quantitative estimate of drug-likeness (QED) is 0.559. The predicted octanol–water partition coefficient (Wildman–Crippen LogP) is 3.42. The Balaban J connectivity index is 1.54. The third kappa shape index (κ3) is 3.78. The maximum absolute atomic E-state index is 12.3. The van der Waals surface area contributed by atoms with Crippen LogP contribution in [0.2, 0.25) is 0 Å². The lowest BCUT2D eigenvalue weighted by Crippen LogP contribution is -2.20. The maximum atomic E-state index is 12.3. The van der Waals surface area contributed by atoms with Gasteiger partial charge in [-0.15, -0.1) is 0 Å². The van der Waals surface area contributed by atoms with E-state index in [2.05, 4.69) is 15.3 Å². The van der Waals surface area contributed by atoms with Crippen LogP contribution in [0.5, 0.6) is 11.5 Å². The molecule has 1 N–H and O–H groups in total. The van der Waals surface area contributed by atoms with Crippen molar-refractivity contribution in [2.75, 3.05) is 19.0 Å². The first-order chi connectivity index (χ1) is 13.7. The van der Waals surface area contributed by atoms with Crippen molar-refractivity contribution in [2.45, 2.75) is 0 Å². The van der Waals surface area contributed by atoms with E-state index in [1.165, 1.54) is 0 Å². The fraction of sp³-hybridized carbons (Fsp3) is 0.0952. The van der Waals surface area contributed by atoms with Crippen LogP contribution in [-0.4, -0.2) is 34.0 Å². The van der Waals surface area contributed by atoms with Crippen LogP contribution in [-0.2, 0) is 4.79 Å². The number of aromatic nitrogens is 3. The van der Waals surface area contributed by atoms with Gasteiger partial charge in [0.15, 0.2) is 6.61 Å². The maximum Gasteiger partial charge on any atom is 0.262 e. The zero-order chi connectivity index (χ0) is 19.3. The number of hydrogen-bond acceptors (Lipinski definition) is 5. The van der Waals surface area contributed by atoms with E-state index in [-0.39, 0.29) is 12.5 Å². The van der Waals surface area contributed by atoms with Crippen molar-refractivity contribution in [1.82, 2.24) is 14.4 Å². The van der Waals surface area contributed by atoms with Gasteiger partial charge in [0.1, 0.15) is 11.5 Å². The molecule has 0 saturated heterocycles. The summed E-state index contributed by atoms with van der Waals surface area (Å²) in [5.74, 6) is 1.51. The zero-order valence-electron chi connectivity index (χ0n) is 15.2. The molecule has 0 saturated carbocycles. The lowest BCUT2D eigenvalue weighted by molar-refractivity contribution is -0.118. The molecule has 4 rings (SSSR count). The van der Waals surface area contributed by atoms with Crippen LogP contribution in [0.25, 0.3) is 17.0 Å². The minimum absolute atomic E-state index is 0.102. The van der Waals surface area contributed by atoms with Gasteiger partial charge < -0.3 is 14.8 Å². The standard InChI is InChI=1S/C21H18N4O3/c1-27-19-9-8-15(18-13-25-11-5-10-22-21(25)24-18)12-17(19)23-20(26)14-28-16-6-3-2-4-7-16/h2-13H,14H2,1H3,(H,23,26). The van der Waals surface area contributed by atoms with E-state index in [1.807, 2.05) is 53.2 Å². The number of hydrogen-bond donors (Lipinski definition) is 1. The minimum Gasteiger partial charge on any atom is -0.495 e. The number of benzene rings is 2. The van der Waals surface area contributed by atoms with Crippen molar-refractivity contribution in [3.8, 4) is 22.8 Å². The second-order valence-corrected chi connectivity index (χ2v) is 6.02. The molecular weight excluding hydrogens is 356 g/mol. The second-order valence-electron chi connectivity index (χ2n) is 6.02. The average Bonchev–Trinajstić information content (AvgIpc) is 3.17. The van der Waals surface area contributed by atoms with Gasteiger partial charge in [-0.3, -0.25) is 9.20 Å². The lowest BCUT2D eigenvalue weighted by Gasteiger charge is -2.12. The molecule has 0 spiro atoms. The number of nitrogens with zero attached hydrogens (tertiary/aromatic N) is 3. The summed E-state index contributed by atoms with van der Waals surface area (Å²) in [7, 11) is 1.56. The third-order valence-corrected chi connectivity index (χ3v) is 4.12.